The van der Waals surface area contributed by atoms with Crippen LogP contribution in [0.3, 0.4) is 0 Å². The zero-order valence-corrected chi connectivity index (χ0v) is 12.3. The van der Waals surface area contributed by atoms with Crippen LogP contribution in [-0.2, 0) is 0 Å². The minimum atomic E-state index is 0.359. The van der Waals surface area contributed by atoms with Crippen LogP contribution in [0.4, 0.5) is 5.00 Å². The Hall–Kier alpha value is -1.99. The first-order valence-electron chi connectivity index (χ1n) is 5.79. The van der Waals surface area contributed by atoms with Gasteiger partial charge in [-0.05, 0) is 30.6 Å². The number of nitrogens with zero attached hydrogens (tertiary/aromatic N) is 4. The molecule has 0 aliphatic heterocycles. The van der Waals surface area contributed by atoms with Gasteiger partial charge in [0, 0.05) is 13.2 Å². The SMILES string of the molecule is CNc1snc(C)c1-c1nc(-c2ncccc2Cl)no1. The highest BCUT2D eigenvalue weighted by Crippen LogP contribution is 2.34. The molecule has 3 aromatic rings. The summed E-state index contributed by atoms with van der Waals surface area (Å²) in [5.74, 6) is 0.760. The second kappa shape index (κ2) is 5.18. The minimum absolute atomic E-state index is 0.359. The van der Waals surface area contributed by atoms with Crippen LogP contribution in [0, 0.1) is 6.92 Å². The summed E-state index contributed by atoms with van der Waals surface area (Å²) >= 11 is 7.42. The molecule has 0 amide bonds. The van der Waals surface area contributed by atoms with Crippen molar-refractivity contribution in [3.8, 4) is 23.0 Å². The van der Waals surface area contributed by atoms with Gasteiger partial charge in [-0.15, -0.1) is 0 Å². The molecule has 0 unspecified atom stereocenters. The van der Waals surface area contributed by atoms with Crippen LogP contribution in [0.15, 0.2) is 22.9 Å². The lowest BCUT2D eigenvalue weighted by molar-refractivity contribution is 0.432. The Morgan fingerprint density at radius 2 is 2.25 bits per heavy atom. The molecular formula is C12H10ClN5OS. The molecule has 8 heteroatoms. The monoisotopic (exact) mass is 307 g/mol. The third-order valence-corrected chi connectivity index (χ3v) is 3.96. The lowest BCUT2D eigenvalue weighted by atomic mass is 10.2. The van der Waals surface area contributed by atoms with Crippen molar-refractivity contribution in [1.82, 2.24) is 19.5 Å². The first-order valence-corrected chi connectivity index (χ1v) is 6.95. The van der Waals surface area contributed by atoms with Crippen molar-refractivity contribution in [3.63, 3.8) is 0 Å². The van der Waals surface area contributed by atoms with Gasteiger partial charge in [0.25, 0.3) is 5.89 Å². The summed E-state index contributed by atoms with van der Waals surface area (Å²) in [4.78, 5) is 8.52. The molecule has 3 aromatic heterocycles. The van der Waals surface area contributed by atoms with E-state index in [1.54, 1.807) is 18.3 Å². The molecule has 20 heavy (non-hydrogen) atoms. The molecule has 3 rings (SSSR count). The van der Waals surface area contributed by atoms with E-state index in [1.807, 2.05) is 14.0 Å². The molecular weight excluding hydrogens is 298 g/mol. The number of nitrogens with one attached hydrogen (secondary N) is 1. The Morgan fingerprint density at radius 1 is 1.40 bits per heavy atom. The van der Waals surface area contributed by atoms with Gasteiger partial charge < -0.3 is 9.84 Å². The summed E-state index contributed by atoms with van der Waals surface area (Å²) in [5.41, 5.74) is 2.14. The quantitative estimate of drug-likeness (QED) is 0.800. The Labute approximate surface area is 124 Å². The van der Waals surface area contributed by atoms with Gasteiger partial charge in [-0.3, -0.25) is 4.98 Å². The zero-order chi connectivity index (χ0) is 14.1. The highest BCUT2D eigenvalue weighted by Gasteiger charge is 2.20. The second-order valence-corrected chi connectivity index (χ2v) is 5.16. The van der Waals surface area contributed by atoms with Crippen LogP contribution in [-0.4, -0.2) is 26.5 Å². The Morgan fingerprint density at radius 3 is 3.00 bits per heavy atom. The maximum atomic E-state index is 6.08. The number of rotatable bonds is 3. The fraction of sp³-hybridized carbons (Fsp3) is 0.167. The molecule has 0 aliphatic carbocycles. The molecule has 0 saturated heterocycles. The largest absolute Gasteiger partial charge is 0.378 e. The van der Waals surface area contributed by atoms with Crippen LogP contribution in [0.1, 0.15) is 5.69 Å². The van der Waals surface area contributed by atoms with Crippen molar-refractivity contribution < 1.29 is 4.52 Å². The molecule has 0 atom stereocenters. The third kappa shape index (κ3) is 2.14. The molecule has 0 aromatic carbocycles. The number of halogens is 1. The van der Waals surface area contributed by atoms with Crippen LogP contribution >= 0.6 is 23.1 Å². The molecule has 1 N–H and O–H groups in total. The first kappa shape index (κ1) is 13.0. The summed E-state index contributed by atoms with van der Waals surface area (Å²) in [6, 6.07) is 3.48. The number of anilines is 1. The van der Waals surface area contributed by atoms with Gasteiger partial charge in [0.1, 0.15) is 10.7 Å². The van der Waals surface area contributed by atoms with Crippen molar-refractivity contribution in [2.75, 3.05) is 12.4 Å². The molecule has 0 saturated carbocycles. The highest BCUT2D eigenvalue weighted by atomic mass is 35.5. The summed E-state index contributed by atoms with van der Waals surface area (Å²) in [6.45, 7) is 1.89. The van der Waals surface area contributed by atoms with E-state index in [-0.39, 0.29) is 0 Å². The van der Waals surface area contributed by atoms with Crippen LogP contribution in [0.5, 0.6) is 0 Å². The highest BCUT2D eigenvalue weighted by molar-refractivity contribution is 7.10. The maximum Gasteiger partial charge on any atom is 0.263 e. The lowest BCUT2D eigenvalue weighted by Crippen LogP contribution is -1.89. The number of hydrogen-bond acceptors (Lipinski definition) is 7. The van der Waals surface area contributed by atoms with Gasteiger partial charge in [0.15, 0.2) is 0 Å². The van der Waals surface area contributed by atoms with Crippen LogP contribution in [0.25, 0.3) is 23.0 Å². The molecule has 6 nitrogen and oxygen atoms in total. The minimum Gasteiger partial charge on any atom is -0.378 e. The van der Waals surface area contributed by atoms with Gasteiger partial charge in [-0.25, -0.2) is 0 Å². The summed E-state index contributed by atoms with van der Waals surface area (Å²) < 4.78 is 9.58. The second-order valence-electron chi connectivity index (χ2n) is 3.98. The molecule has 0 aliphatic rings. The van der Waals surface area contributed by atoms with Crippen molar-refractivity contribution in [1.29, 1.82) is 0 Å². The van der Waals surface area contributed by atoms with Crippen molar-refractivity contribution in [2.24, 2.45) is 0 Å². The predicted molar refractivity (Wildman–Crippen MR) is 77.9 cm³/mol. The van der Waals surface area contributed by atoms with Crippen molar-refractivity contribution in [2.45, 2.75) is 6.92 Å². The maximum absolute atomic E-state index is 6.08. The van der Waals surface area contributed by atoms with E-state index in [1.165, 1.54) is 11.5 Å². The number of aryl methyl sites for hydroxylation is 1. The Balaban J connectivity index is 2.07. The van der Waals surface area contributed by atoms with Gasteiger partial charge in [0.05, 0.1) is 16.3 Å². The smallest absolute Gasteiger partial charge is 0.263 e. The topological polar surface area (TPSA) is 76.7 Å². The van der Waals surface area contributed by atoms with Crippen molar-refractivity contribution >= 4 is 28.1 Å². The lowest BCUT2D eigenvalue weighted by Gasteiger charge is -1.97. The Kier molecular flexibility index (Phi) is 3.37. The average molecular weight is 308 g/mol. The van der Waals surface area contributed by atoms with Gasteiger partial charge >= 0.3 is 0 Å². The van der Waals surface area contributed by atoms with E-state index in [9.17, 15) is 0 Å². The summed E-state index contributed by atoms with van der Waals surface area (Å²) in [7, 11) is 1.82. The summed E-state index contributed by atoms with van der Waals surface area (Å²) in [6.07, 6.45) is 1.63. The predicted octanol–water partition coefficient (Wildman–Crippen LogP) is 3.26. The van der Waals surface area contributed by atoms with E-state index in [0.717, 1.165) is 16.3 Å². The van der Waals surface area contributed by atoms with E-state index in [0.29, 0.717) is 22.4 Å². The van der Waals surface area contributed by atoms with Crippen molar-refractivity contribution in [3.05, 3.63) is 29.0 Å². The van der Waals surface area contributed by atoms with E-state index in [2.05, 4.69) is 24.8 Å². The molecule has 102 valence electrons. The zero-order valence-electron chi connectivity index (χ0n) is 10.7. The van der Waals surface area contributed by atoms with Gasteiger partial charge in [-0.1, -0.05) is 16.8 Å². The number of aromatic nitrogens is 4. The number of pyridine rings is 1. The fourth-order valence-electron chi connectivity index (χ4n) is 1.76. The molecule has 0 fully saturated rings. The van der Waals surface area contributed by atoms with Gasteiger partial charge in [0.2, 0.25) is 5.82 Å². The van der Waals surface area contributed by atoms with E-state index >= 15 is 0 Å². The standard InChI is InChI=1S/C12H10ClN5OS/c1-6-8(12(14-2)20-18-6)11-16-10(17-19-11)9-7(13)4-3-5-15-9/h3-5,14H,1-2H3. The van der Waals surface area contributed by atoms with E-state index < -0.39 is 0 Å². The molecule has 3 heterocycles. The fourth-order valence-corrected chi connectivity index (χ4v) is 2.71. The average Bonchev–Trinajstić information content (AvgIpc) is 3.05. The molecule has 0 spiro atoms. The molecule has 0 bridgehead atoms. The Bertz CT molecular complexity index is 754. The molecule has 0 radical (unpaired) electrons. The first-order chi connectivity index (χ1) is 9.70. The van der Waals surface area contributed by atoms with Gasteiger partial charge in [-0.2, -0.15) is 9.36 Å². The van der Waals surface area contributed by atoms with Crippen LogP contribution in [0.2, 0.25) is 5.02 Å². The third-order valence-electron chi connectivity index (χ3n) is 2.70. The van der Waals surface area contributed by atoms with E-state index in [4.69, 9.17) is 16.1 Å². The normalized spacial score (nSPS) is 10.8. The van der Waals surface area contributed by atoms with Crippen LogP contribution < -0.4 is 5.32 Å². The number of hydrogen-bond donors (Lipinski definition) is 1. The summed E-state index contributed by atoms with van der Waals surface area (Å²) in [5, 5.41) is 8.36.